The molecule has 1 saturated carbocycles. The number of urea groups is 1. The van der Waals surface area contributed by atoms with Gasteiger partial charge in [0.15, 0.2) is 5.96 Å². The molecule has 0 radical (unpaired) electrons. The molecule has 0 aromatic heterocycles. The Balaban J connectivity index is 1.30. The third-order valence-corrected chi connectivity index (χ3v) is 7.81. The second-order valence-electron chi connectivity index (χ2n) is 10.8. The van der Waals surface area contributed by atoms with Gasteiger partial charge in [0.2, 0.25) is 0 Å². The highest BCUT2D eigenvalue weighted by Gasteiger charge is 2.48. The molecule has 2 aliphatic heterocycles. The lowest BCUT2D eigenvalue weighted by molar-refractivity contribution is -0.132. The number of benzene rings is 1. The number of amides is 3. The monoisotopic (exact) mass is 506 g/mol. The maximum Gasteiger partial charge on any atom is 0.315 e. The molecule has 1 aromatic carbocycles. The number of nitrogens with zero attached hydrogens (tertiary/aromatic N) is 3. The number of nitrogens with two attached hydrogens (primary N) is 1. The molecule has 1 aromatic rings. The van der Waals surface area contributed by atoms with Gasteiger partial charge in [0.1, 0.15) is 5.54 Å². The van der Waals surface area contributed by atoms with E-state index in [4.69, 9.17) is 10.7 Å². The van der Waals surface area contributed by atoms with Crippen LogP contribution in [0.1, 0.15) is 82.3 Å². The number of carbonyl (C=O) groups is 2. The molecule has 4 N–H and O–H groups in total. The van der Waals surface area contributed by atoms with Crippen LogP contribution in [0, 0.1) is 11.8 Å². The average Bonchev–Trinajstić information content (AvgIpc) is 3.15. The molecule has 0 bridgehead atoms. The van der Waals surface area contributed by atoms with Gasteiger partial charge in [-0.1, -0.05) is 82.2 Å². The van der Waals surface area contributed by atoms with E-state index >= 15 is 0 Å². The van der Waals surface area contributed by atoms with Crippen molar-refractivity contribution >= 4 is 24.1 Å². The summed E-state index contributed by atoms with van der Waals surface area (Å²) in [5, 5.41) is 5.79. The van der Waals surface area contributed by atoms with Crippen molar-refractivity contribution in [3.05, 3.63) is 47.7 Å². The minimum Gasteiger partial charge on any atom is -0.369 e. The maximum absolute atomic E-state index is 13.7. The number of guanidine groups is 1. The first kappa shape index (κ1) is 26.9. The fraction of sp³-hybridized carbons (Fsp3) is 0.586. The van der Waals surface area contributed by atoms with Crippen molar-refractivity contribution in [1.82, 2.24) is 15.5 Å². The summed E-state index contributed by atoms with van der Waals surface area (Å²) in [6, 6.07) is 7.75. The van der Waals surface area contributed by atoms with Crippen LogP contribution in [0.25, 0.3) is 0 Å². The third kappa shape index (κ3) is 7.21. The second-order valence-corrected chi connectivity index (χ2v) is 10.8. The zero-order valence-electron chi connectivity index (χ0n) is 22.1. The summed E-state index contributed by atoms with van der Waals surface area (Å²) in [5.41, 5.74) is 7.64. The van der Waals surface area contributed by atoms with E-state index < -0.39 is 5.54 Å². The van der Waals surface area contributed by atoms with Crippen molar-refractivity contribution in [3.63, 3.8) is 0 Å². The zero-order chi connectivity index (χ0) is 26.1. The molecule has 3 amide bonds. The Kier molecular flexibility index (Phi) is 9.36. The smallest absolute Gasteiger partial charge is 0.315 e. The normalized spacial score (nSPS) is 23.8. The average molecular weight is 507 g/mol. The highest BCUT2D eigenvalue weighted by molar-refractivity contribution is 6.06. The van der Waals surface area contributed by atoms with Gasteiger partial charge in [-0.2, -0.15) is 0 Å². The number of aliphatic imine (C=N–C) groups is 2. The predicted octanol–water partition coefficient (Wildman–Crippen LogP) is 4.65. The van der Waals surface area contributed by atoms with Gasteiger partial charge < -0.3 is 16.4 Å². The van der Waals surface area contributed by atoms with E-state index in [2.05, 4.69) is 22.5 Å². The molecule has 0 spiro atoms. The van der Waals surface area contributed by atoms with Crippen LogP contribution < -0.4 is 16.4 Å². The zero-order valence-corrected chi connectivity index (χ0v) is 22.1. The molecule has 4 rings (SSSR count). The van der Waals surface area contributed by atoms with Crippen LogP contribution in [0.3, 0.4) is 0 Å². The lowest BCUT2D eigenvalue weighted by atomic mass is 9.77. The van der Waals surface area contributed by atoms with E-state index in [9.17, 15) is 9.59 Å². The van der Waals surface area contributed by atoms with Crippen molar-refractivity contribution < 1.29 is 9.59 Å². The number of carbonyl (C=O) groups excluding carboxylic acids is 2. The van der Waals surface area contributed by atoms with Crippen LogP contribution in [0.15, 0.2) is 46.5 Å². The first-order valence-electron chi connectivity index (χ1n) is 13.9. The lowest BCUT2D eigenvalue weighted by Crippen LogP contribution is -2.45. The summed E-state index contributed by atoms with van der Waals surface area (Å²) in [7, 11) is 0. The van der Waals surface area contributed by atoms with Crippen LogP contribution in [-0.2, 0) is 17.9 Å². The highest BCUT2D eigenvalue weighted by Crippen LogP contribution is 2.39. The summed E-state index contributed by atoms with van der Waals surface area (Å²) in [6.07, 6.45) is 16.3. The largest absolute Gasteiger partial charge is 0.369 e. The molecule has 1 fully saturated rings. The first-order valence-corrected chi connectivity index (χ1v) is 13.9. The molecule has 2 atom stereocenters. The Morgan fingerprint density at radius 3 is 2.59 bits per heavy atom. The second kappa shape index (κ2) is 12.9. The number of rotatable bonds is 11. The topological polar surface area (TPSA) is 112 Å². The Morgan fingerprint density at radius 2 is 1.89 bits per heavy atom. The Bertz CT molecular complexity index is 1010. The van der Waals surface area contributed by atoms with Gasteiger partial charge in [-0.05, 0) is 36.3 Å². The van der Waals surface area contributed by atoms with Crippen LogP contribution in [0.4, 0.5) is 4.79 Å². The number of hydrogen-bond donors (Lipinski definition) is 3. The van der Waals surface area contributed by atoms with Gasteiger partial charge in [-0.25, -0.2) is 9.79 Å². The van der Waals surface area contributed by atoms with Crippen molar-refractivity contribution in [2.24, 2.45) is 27.6 Å². The van der Waals surface area contributed by atoms with E-state index in [1.807, 2.05) is 36.6 Å². The minimum atomic E-state index is -0.695. The van der Waals surface area contributed by atoms with Crippen molar-refractivity contribution in [2.75, 3.05) is 6.54 Å². The van der Waals surface area contributed by atoms with Crippen LogP contribution in [0.2, 0.25) is 0 Å². The van der Waals surface area contributed by atoms with Crippen molar-refractivity contribution in [1.29, 1.82) is 0 Å². The predicted molar refractivity (Wildman–Crippen MR) is 148 cm³/mol. The summed E-state index contributed by atoms with van der Waals surface area (Å²) in [4.78, 5) is 36.5. The van der Waals surface area contributed by atoms with Crippen LogP contribution in [0.5, 0.6) is 0 Å². The molecule has 0 saturated heterocycles. The van der Waals surface area contributed by atoms with Crippen molar-refractivity contribution in [3.8, 4) is 0 Å². The fourth-order valence-corrected chi connectivity index (χ4v) is 5.65. The number of hydrogen-bond acceptors (Lipinski definition) is 5. The van der Waals surface area contributed by atoms with Gasteiger partial charge in [0.05, 0.1) is 6.54 Å². The highest BCUT2D eigenvalue weighted by atomic mass is 16.2. The summed E-state index contributed by atoms with van der Waals surface area (Å²) >= 11 is 0. The first-order chi connectivity index (χ1) is 18.0. The molecular formula is C29H42N6O2. The van der Waals surface area contributed by atoms with Gasteiger partial charge in [0, 0.05) is 31.4 Å². The molecule has 2 heterocycles. The molecule has 37 heavy (non-hydrogen) atoms. The molecule has 8 heteroatoms. The van der Waals surface area contributed by atoms with Crippen molar-refractivity contribution in [2.45, 2.75) is 89.8 Å². The third-order valence-electron chi connectivity index (χ3n) is 7.81. The van der Waals surface area contributed by atoms with E-state index in [1.165, 1.54) is 32.1 Å². The van der Waals surface area contributed by atoms with Gasteiger partial charge in [0.25, 0.3) is 5.91 Å². The molecule has 3 aliphatic rings. The van der Waals surface area contributed by atoms with E-state index in [0.717, 1.165) is 43.2 Å². The van der Waals surface area contributed by atoms with Crippen LogP contribution >= 0.6 is 0 Å². The molecule has 1 aliphatic carbocycles. The van der Waals surface area contributed by atoms with E-state index in [-0.39, 0.29) is 17.9 Å². The number of unbranched alkanes of at least 4 members (excludes halogenated alkanes) is 1. The molecule has 8 nitrogen and oxygen atoms in total. The van der Waals surface area contributed by atoms with E-state index in [1.54, 1.807) is 11.1 Å². The summed E-state index contributed by atoms with van der Waals surface area (Å²) in [6.45, 7) is 3.56. The standard InChI is InChI=1S/C29H42N6O2/c1-2-3-15-29(17-22-8-5-4-6-9-22)26(36)35(27(30)34-29)21-24-13-11-23(12-14-24)19-32-28(37)33-20-25-10-7-16-31-18-25/h7,11-14,16,18,22,25H,2-6,8-10,15,17,19-21H2,1H3,(H2,30,34)(H2,32,33,37). The Morgan fingerprint density at radius 1 is 1.14 bits per heavy atom. The molecule has 2 unspecified atom stereocenters. The molecule has 200 valence electrons. The summed E-state index contributed by atoms with van der Waals surface area (Å²) < 4.78 is 0. The Labute approximate surface area is 220 Å². The fourth-order valence-electron chi connectivity index (χ4n) is 5.65. The SMILES string of the molecule is CCCCC1(CC2CCCCC2)N=C(N)N(Cc2ccc(CNC(=O)NCC3C=NC=CC3)cc2)C1=O. The van der Waals surface area contributed by atoms with Crippen LogP contribution in [-0.4, -0.2) is 41.1 Å². The van der Waals surface area contributed by atoms with Gasteiger partial charge >= 0.3 is 6.03 Å². The number of allylic oxidation sites excluding steroid dienone is 1. The lowest BCUT2D eigenvalue weighted by Gasteiger charge is -2.32. The van der Waals surface area contributed by atoms with Gasteiger partial charge in [-0.15, -0.1) is 0 Å². The minimum absolute atomic E-state index is 0.0601. The summed E-state index contributed by atoms with van der Waals surface area (Å²) in [5.74, 6) is 1.20. The van der Waals surface area contributed by atoms with Gasteiger partial charge in [-0.3, -0.25) is 14.7 Å². The quantitative estimate of drug-likeness (QED) is 0.406. The Hall–Kier alpha value is -3.16. The number of nitrogens with one attached hydrogen (secondary N) is 2. The maximum atomic E-state index is 13.7. The molecular weight excluding hydrogens is 464 g/mol. The van der Waals surface area contributed by atoms with E-state index in [0.29, 0.717) is 31.5 Å².